The topological polar surface area (TPSA) is 49.0 Å². The number of H-pyrrole nitrogens is 1. The predicted molar refractivity (Wildman–Crippen MR) is 92.9 cm³/mol. The van der Waals surface area contributed by atoms with E-state index in [-0.39, 0.29) is 10.6 Å². The molecule has 1 N–H and O–H groups in total. The van der Waals surface area contributed by atoms with Crippen LogP contribution in [0.1, 0.15) is 29.9 Å². The molecular weight excluding hydrogens is 366 g/mol. The number of piperidine rings is 1. The highest BCUT2D eigenvalue weighted by atomic mass is 79.9. The summed E-state index contributed by atoms with van der Waals surface area (Å²) >= 11 is 9.63. The molecule has 0 spiro atoms. The first-order chi connectivity index (χ1) is 10.6. The second-order valence-corrected chi connectivity index (χ2v) is 6.90. The molecule has 0 radical (unpaired) electrons. The van der Waals surface area contributed by atoms with Crippen LogP contribution in [0.15, 0.2) is 33.7 Å². The van der Waals surface area contributed by atoms with Crippen LogP contribution in [0.5, 0.6) is 0 Å². The Labute approximate surface area is 142 Å². The minimum Gasteiger partial charge on any atom is -0.369 e. The van der Waals surface area contributed by atoms with Gasteiger partial charge in [-0.1, -0.05) is 39.7 Å². The second kappa shape index (κ2) is 6.42. The van der Waals surface area contributed by atoms with E-state index >= 15 is 0 Å². The molecule has 1 aromatic carbocycles. The lowest BCUT2D eigenvalue weighted by Gasteiger charge is -2.34. The maximum atomic E-state index is 11.6. The Morgan fingerprint density at radius 3 is 2.77 bits per heavy atom. The first kappa shape index (κ1) is 15.6. The fourth-order valence-electron chi connectivity index (χ4n) is 2.97. The lowest BCUT2D eigenvalue weighted by atomic mass is 9.88. The Morgan fingerprint density at radius 1 is 1.36 bits per heavy atom. The Morgan fingerprint density at radius 2 is 2.09 bits per heavy atom. The van der Waals surface area contributed by atoms with Crippen LogP contribution >= 0.6 is 27.5 Å². The molecule has 0 aliphatic carbocycles. The summed E-state index contributed by atoms with van der Waals surface area (Å²) in [5.74, 6) is 0.553. The third kappa shape index (κ3) is 3.06. The number of halogens is 2. The molecule has 0 unspecified atom stereocenters. The van der Waals surface area contributed by atoms with Crippen LogP contribution in [-0.4, -0.2) is 23.3 Å². The van der Waals surface area contributed by atoms with Gasteiger partial charge in [-0.15, -0.1) is 0 Å². The van der Waals surface area contributed by atoms with E-state index in [1.807, 2.05) is 0 Å². The van der Waals surface area contributed by atoms with Gasteiger partial charge in [0.15, 0.2) is 0 Å². The number of hydrogen-bond donors (Lipinski definition) is 1. The van der Waals surface area contributed by atoms with Gasteiger partial charge in [-0.05, 0) is 42.9 Å². The molecular formula is C16H17BrClN3O. The molecule has 1 fully saturated rings. The summed E-state index contributed by atoms with van der Waals surface area (Å²) < 4.78 is 1.15. The SMILES string of the molecule is Cc1cc(C2CCN(c3cn[nH]c(=O)c3Cl)CC2)ccc1Br. The van der Waals surface area contributed by atoms with E-state index in [0.717, 1.165) is 36.1 Å². The smallest absolute Gasteiger partial charge is 0.285 e. The fraction of sp³-hybridized carbons (Fsp3) is 0.375. The van der Waals surface area contributed by atoms with Crippen molar-refractivity contribution in [3.8, 4) is 0 Å². The first-order valence-corrected chi connectivity index (χ1v) is 8.47. The van der Waals surface area contributed by atoms with Crippen molar-refractivity contribution in [2.24, 2.45) is 0 Å². The number of benzene rings is 1. The monoisotopic (exact) mass is 381 g/mol. The molecule has 0 bridgehead atoms. The van der Waals surface area contributed by atoms with Crippen LogP contribution in [0, 0.1) is 6.92 Å². The van der Waals surface area contributed by atoms with Gasteiger partial charge < -0.3 is 4.90 Å². The second-order valence-electron chi connectivity index (χ2n) is 5.67. The van der Waals surface area contributed by atoms with E-state index in [1.54, 1.807) is 6.20 Å². The highest BCUT2D eigenvalue weighted by Crippen LogP contribution is 2.33. The highest BCUT2D eigenvalue weighted by Gasteiger charge is 2.23. The van der Waals surface area contributed by atoms with Crippen molar-refractivity contribution in [3.63, 3.8) is 0 Å². The zero-order chi connectivity index (χ0) is 15.7. The average molecular weight is 383 g/mol. The molecule has 3 rings (SSSR count). The van der Waals surface area contributed by atoms with Gasteiger partial charge in [-0.3, -0.25) is 4.79 Å². The molecule has 116 valence electrons. The van der Waals surface area contributed by atoms with Crippen LogP contribution in [0.25, 0.3) is 0 Å². The largest absolute Gasteiger partial charge is 0.369 e. The number of nitrogens with zero attached hydrogens (tertiary/aromatic N) is 2. The number of rotatable bonds is 2. The zero-order valence-corrected chi connectivity index (χ0v) is 14.6. The molecule has 6 heteroatoms. The third-order valence-corrected chi connectivity index (χ3v) is 5.52. The summed E-state index contributed by atoms with van der Waals surface area (Å²) in [4.78, 5) is 13.7. The van der Waals surface area contributed by atoms with Crippen molar-refractivity contribution in [1.82, 2.24) is 10.2 Å². The fourth-order valence-corrected chi connectivity index (χ4v) is 3.43. The zero-order valence-electron chi connectivity index (χ0n) is 12.3. The van der Waals surface area contributed by atoms with Gasteiger partial charge in [0.25, 0.3) is 5.56 Å². The number of nitrogens with one attached hydrogen (secondary N) is 1. The van der Waals surface area contributed by atoms with E-state index < -0.39 is 0 Å². The van der Waals surface area contributed by atoms with E-state index in [2.05, 4.69) is 56.2 Å². The van der Waals surface area contributed by atoms with Gasteiger partial charge in [0.2, 0.25) is 0 Å². The molecule has 2 heterocycles. The number of anilines is 1. The first-order valence-electron chi connectivity index (χ1n) is 7.30. The van der Waals surface area contributed by atoms with Gasteiger partial charge >= 0.3 is 0 Å². The summed E-state index contributed by atoms with van der Waals surface area (Å²) in [5, 5.41) is 6.44. The Balaban J connectivity index is 1.73. The van der Waals surface area contributed by atoms with Gasteiger partial charge in [0.1, 0.15) is 5.02 Å². The molecule has 1 aliphatic rings. The standard InChI is InChI=1S/C16H17BrClN3O/c1-10-8-12(2-3-13(10)17)11-4-6-21(7-5-11)14-9-19-20-16(22)15(14)18/h2-3,8-9,11H,4-7H2,1H3,(H,20,22). The van der Waals surface area contributed by atoms with Crippen molar-refractivity contribution in [2.75, 3.05) is 18.0 Å². The van der Waals surface area contributed by atoms with E-state index in [1.165, 1.54) is 11.1 Å². The maximum absolute atomic E-state index is 11.6. The van der Waals surface area contributed by atoms with Gasteiger partial charge in [0.05, 0.1) is 11.9 Å². The van der Waals surface area contributed by atoms with Crippen molar-refractivity contribution in [2.45, 2.75) is 25.7 Å². The van der Waals surface area contributed by atoms with E-state index in [9.17, 15) is 4.79 Å². The molecule has 0 atom stereocenters. The van der Waals surface area contributed by atoms with Crippen molar-refractivity contribution < 1.29 is 0 Å². The molecule has 4 nitrogen and oxygen atoms in total. The minimum atomic E-state index is -0.329. The Kier molecular flexibility index (Phi) is 4.54. The van der Waals surface area contributed by atoms with E-state index in [0.29, 0.717) is 5.92 Å². The quantitative estimate of drug-likeness (QED) is 0.857. The molecule has 1 aliphatic heterocycles. The van der Waals surface area contributed by atoms with Crippen LogP contribution < -0.4 is 10.5 Å². The molecule has 22 heavy (non-hydrogen) atoms. The maximum Gasteiger partial charge on any atom is 0.285 e. The number of aryl methyl sites for hydroxylation is 1. The lowest BCUT2D eigenvalue weighted by molar-refractivity contribution is 0.504. The van der Waals surface area contributed by atoms with Crippen molar-refractivity contribution >= 4 is 33.2 Å². The minimum absolute atomic E-state index is 0.230. The number of aromatic amines is 1. The molecule has 1 saturated heterocycles. The average Bonchev–Trinajstić information content (AvgIpc) is 2.53. The van der Waals surface area contributed by atoms with Gasteiger partial charge in [0, 0.05) is 17.6 Å². The van der Waals surface area contributed by atoms with Gasteiger partial charge in [-0.2, -0.15) is 5.10 Å². The third-order valence-electron chi connectivity index (χ3n) is 4.27. The normalized spacial score (nSPS) is 16.0. The molecule has 2 aromatic rings. The summed E-state index contributed by atoms with van der Waals surface area (Å²) in [6.07, 6.45) is 3.72. The Hall–Kier alpha value is -1.33. The van der Waals surface area contributed by atoms with Crippen LogP contribution in [0.2, 0.25) is 5.02 Å². The van der Waals surface area contributed by atoms with Gasteiger partial charge in [-0.25, -0.2) is 5.10 Å². The summed E-state index contributed by atoms with van der Waals surface area (Å²) in [6, 6.07) is 6.57. The van der Waals surface area contributed by atoms with Crippen LogP contribution in [-0.2, 0) is 0 Å². The van der Waals surface area contributed by atoms with Crippen molar-refractivity contribution in [3.05, 3.63) is 55.4 Å². The summed E-state index contributed by atoms with van der Waals surface area (Å²) in [7, 11) is 0. The lowest BCUT2D eigenvalue weighted by Crippen LogP contribution is -2.34. The van der Waals surface area contributed by atoms with Crippen LogP contribution in [0.4, 0.5) is 5.69 Å². The summed E-state index contributed by atoms with van der Waals surface area (Å²) in [6.45, 7) is 3.87. The highest BCUT2D eigenvalue weighted by molar-refractivity contribution is 9.10. The van der Waals surface area contributed by atoms with Crippen LogP contribution in [0.3, 0.4) is 0 Å². The number of aromatic nitrogens is 2. The van der Waals surface area contributed by atoms with E-state index in [4.69, 9.17) is 11.6 Å². The predicted octanol–water partition coefficient (Wildman–Crippen LogP) is 3.88. The van der Waals surface area contributed by atoms with Crippen molar-refractivity contribution in [1.29, 1.82) is 0 Å². The summed E-state index contributed by atoms with van der Waals surface area (Å²) in [5.41, 5.74) is 3.05. The Bertz CT molecular complexity index is 738. The number of hydrogen-bond acceptors (Lipinski definition) is 3. The molecule has 1 aromatic heterocycles. The molecule has 0 amide bonds. The molecule has 0 saturated carbocycles.